The lowest BCUT2D eigenvalue weighted by molar-refractivity contribution is -0.166. The summed E-state index contributed by atoms with van der Waals surface area (Å²) in [5, 5.41) is 9.09. The van der Waals surface area contributed by atoms with E-state index >= 15 is 0 Å². The van der Waals surface area contributed by atoms with Gasteiger partial charge < -0.3 is 9.84 Å². The molecule has 33 heavy (non-hydrogen) atoms. The molecule has 0 radical (unpaired) electrons. The van der Waals surface area contributed by atoms with E-state index in [0.29, 0.717) is 0 Å². The molecule has 1 N–H and O–H groups in total. The zero-order valence-corrected chi connectivity index (χ0v) is 22.4. The van der Waals surface area contributed by atoms with Crippen LogP contribution in [0.25, 0.3) is 0 Å². The summed E-state index contributed by atoms with van der Waals surface area (Å²) in [5.41, 5.74) is -0.467. The Hall–Kier alpha value is -1.06. The molecular formula is C29H56O4. The van der Waals surface area contributed by atoms with Crippen molar-refractivity contribution in [3.8, 4) is 0 Å². The normalized spacial score (nSPS) is 11.6. The van der Waals surface area contributed by atoms with E-state index in [1.165, 1.54) is 103 Å². The number of carboxylic acids is 1. The third kappa shape index (κ3) is 20.1. The fraction of sp³-hybridized carbons (Fsp3) is 0.931. The average molecular weight is 469 g/mol. The first-order valence-corrected chi connectivity index (χ1v) is 14.4. The van der Waals surface area contributed by atoms with Gasteiger partial charge >= 0.3 is 11.9 Å². The largest absolute Gasteiger partial charge is 0.481 e. The van der Waals surface area contributed by atoms with Crippen molar-refractivity contribution in [2.75, 3.05) is 0 Å². The number of aliphatic carboxylic acids is 1. The van der Waals surface area contributed by atoms with E-state index in [0.717, 1.165) is 38.5 Å². The van der Waals surface area contributed by atoms with Gasteiger partial charge in [0, 0.05) is 0 Å². The minimum absolute atomic E-state index is 0.467. The molecule has 0 spiro atoms. The van der Waals surface area contributed by atoms with E-state index in [4.69, 9.17) is 9.84 Å². The zero-order valence-electron chi connectivity index (χ0n) is 22.4. The first-order chi connectivity index (χ1) is 16.0. The van der Waals surface area contributed by atoms with E-state index in [1.54, 1.807) is 0 Å². The highest BCUT2D eigenvalue weighted by molar-refractivity contribution is 5.90. The number of esters is 1. The highest BCUT2D eigenvalue weighted by atomic mass is 16.6. The van der Waals surface area contributed by atoms with Gasteiger partial charge in [0.05, 0.1) is 0 Å². The molecule has 4 nitrogen and oxygen atoms in total. The fourth-order valence-corrected chi connectivity index (χ4v) is 4.79. The average Bonchev–Trinajstić information content (AvgIpc) is 2.77. The van der Waals surface area contributed by atoms with Crippen LogP contribution in [-0.2, 0) is 14.3 Å². The van der Waals surface area contributed by atoms with Crippen LogP contribution < -0.4 is 0 Å². The van der Waals surface area contributed by atoms with Gasteiger partial charge in [0.1, 0.15) is 12.0 Å². The topological polar surface area (TPSA) is 63.6 Å². The van der Waals surface area contributed by atoms with Crippen molar-refractivity contribution in [3.63, 3.8) is 0 Å². The molecule has 0 bridgehead atoms. The van der Waals surface area contributed by atoms with E-state index in [9.17, 15) is 9.59 Å². The molecule has 0 aliphatic rings. The lowest BCUT2D eigenvalue weighted by atomic mass is 9.84. The SMILES string of the molecule is CCCCCCCCCC(CCCCCCCC)(CCCCCCCC)OC(=O)CC(=O)O. The predicted octanol–water partition coefficient (Wildman–Crippen LogP) is 9.39. The second-order valence-electron chi connectivity index (χ2n) is 10.1. The third-order valence-electron chi connectivity index (χ3n) is 6.83. The monoisotopic (exact) mass is 468 g/mol. The number of carboxylic acid groups (broad SMARTS) is 1. The maximum absolute atomic E-state index is 12.4. The molecule has 0 saturated heterocycles. The molecule has 0 heterocycles. The van der Waals surface area contributed by atoms with Crippen LogP contribution in [0.4, 0.5) is 0 Å². The van der Waals surface area contributed by atoms with Crippen LogP contribution in [0.3, 0.4) is 0 Å². The van der Waals surface area contributed by atoms with E-state index in [2.05, 4.69) is 20.8 Å². The van der Waals surface area contributed by atoms with Crippen molar-refractivity contribution >= 4 is 11.9 Å². The van der Waals surface area contributed by atoms with Gasteiger partial charge in [-0.25, -0.2) is 0 Å². The zero-order chi connectivity index (χ0) is 24.6. The molecular weight excluding hydrogens is 412 g/mol. The summed E-state index contributed by atoms with van der Waals surface area (Å²) in [5.74, 6) is -1.65. The van der Waals surface area contributed by atoms with Gasteiger partial charge in [0.15, 0.2) is 0 Å². The molecule has 0 rings (SSSR count). The van der Waals surface area contributed by atoms with Crippen molar-refractivity contribution in [3.05, 3.63) is 0 Å². The molecule has 0 aromatic heterocycles. The van der Waals surface area contributed by atoms with Crippen molar-refractivity contribution in [1.29, 1.82) is 0 Å². The summed E-state index contributed by atoms with van der Waals surface area (Å²) in [6, 6.07) is 0. The Bertz CT molecular complexity index is 445. The lowest BCUT2D eigenvalue weighted by Gasteiger charge is -2.34. The Morgan fingerprint density at radius 3 is 1.15 bits per heavy atom. The molecule has 4 heteroatoms. The van der Waals surface area contributed by atoms with Gasteiger partial charge in [-0.15, -0.1) is 0 Å². The van der Waals surface area contributed by atoms with Gasteiger partial charge in [-0.1, -0.05) is 124 Å². The number of unbranched alkanes of at least 4 members (excludes halogenated alkanes) is 16. The maximum Gasteiger partial charge on any atom is 0.317 e. The highest BCUT2D eigenvalue weighted by Crippen LogP contribution is 2.33. The lowest BCUT2D eigenvalue weighted by Crippen LogP contribution is -2.36. The Morgan fingerprint density at radius 2 is 0.848 bits per heavy atom. The van der Waals surface area contributed by atoms with Gasteiger partial charge in [-0.3, -0.25) is 9.59 Å². The van der Waals surface area contributed by atoms with Crippen molar-refractivity contribution in [1.82, 2.24) is 0 Å². The van der Waals surface area contributed by atoms with Crippen LogP contribution in [0, 0.1) is 0 Å². The van der Waals surface area contributed by atoms with Gasteiger partial charge in [-0.2, -0.15) is 0 Å². The van der Waals surface area contributed by atoms with Gasteiger partial charge in [0.25, 0.3) is 0 Å². The minimum Gasteiger partial charge on any atom is -0.481 e. The van der Waals surface area contributed by atoms with Crippen molar-refractivity contribution < 1.29 is 19.4 Å². The molecule has 0 unspecified atom stereocenters. The minimum atomic E-state index is -1.09. The number of ether oxygens (including phenoxy) is 1. The number of rotatable bonds is 25. The molecule has 0 aliphatic heterocycles. The Labute approximate surface area is 205 Å². The van der Waals surface area contributed by atoms with Crippen LogP contribution in [0.1, 0.15) is 168 Å². The number of carbonyl (C=O) groups excluding carboxylic acids is 1. The summed E-state index contributed by atoms with van der Waals surface area (Å²) in [4.78, 5) is 23.5. The number of hydrogen-bond donors (Lipinski definition) is 1. The smallest absolute Gasteiger partial charge is 0.317 e. The second-order valence-corrected chi connectivity index (χ2v) is 10.1. The van der Waals surface area contributed by atoms with E-state index in [-0.39, 0.29) is 0 Å². The summed E-state index contributed by atoms with van der Waals surface area (Å²) in [7, 11) is 0. The van der Waals surface area contributed by atoms with E-state index in [1.807, 2.05) is 0 Å². The highest BCUT2D eigenvalue weighted by Gasteiger charge is 2.33. The Kier molecular flexibility index (Phi) is 22.0. The molecule has 0 aromatic carbocycles. The maximum atomic E-state index is 12.4. The van der Waals surface area contributed by atoms with Gasteiger partial charge in [-0.05, 0) is 38.5 Å². The molecule has 0 aromatic rings. The van der Waals surface area contributed by atoms with Gasteiger partial charge in [0.2, 0.25) is 0 Å². The molecule has 0 fully saturated rings. The summed E-state index contributed by atoms with van der Waals surface area (Å²) in [6.07, 6.45) is 25.4. The van der Waals surface area contributed by atoms with Crippen LogP contribution in [0.5, 0.6) is 0 Å². The molecule has 196 valence electrons. The third-order valence-corrected chi connectivity index (χ3v) is 6.83. The standard InChI is InChI=1S/C29H56O4/c1-4-7-10-13-16-19-22-25-29(33-28(32)26-27(30)31,23-20-17-14-11-8-5-2)24-21-18-15-12-9-6-3/h4-26H2,1-3H3,(H,30,31). The van der Waals surface area contributed by atoms with Crippen LogP contribution in [-0.4, -0.2) is 22.6 Å². The van der Waals surface area contributed by atoms with E-state index < -0.39 is 24.0 Å². The first kappa shape index (κ1) is 31.9. The Balaban J connectivity index is 4.93. The predicted molar refractivity (Wildman–Crippen MR) is 140 cm³/mol. The number of carbonyl (C=O) groups is 2. The summed E-state index contributed by atoms with van der Waals surface area (Å²) >= 11 is 0. The second kappa shape index (κ2) is 22.7. The molecule has 0 aliphatic carbocycles. The molecule has 0 atom stereocenters. The van der Waals surface area contributed by atoms with Crippen LogP contribution in [0.2, 0.25) is 0 Å². The van der Waals surface area contributed by atoms with Crippen molar-refractivity contribution in [2.24, 2.45) is 0 Å². The first-order valence-electron chi connectivity index (χ1n) is 14.4. The fourth-order valence-electron chi connectivity index (χ4n) is 4.79. The molecule has 0 amide bonds. The molecule has 0 saturated carbocycles. The summed E-state index contributed by atoms with van der Waals surface area (Å²) < 4.78 is 6.03. The summed E-state index contributed by atoms with van der Waals surface area (Å²) in [6.45, 7) is 6.70. The van der Waals surface area contributed by atoms with Crippen molar-refractivity contribution in [2.45, 2.75) is 174 Å². The van der Waals surface area contributed by atoms with Crippen LogP contribution in [0.15, 0.2) is 0 Å². The quantitative estimate of drug-likeness (QED) is 0.0823. The Morgan fingerprint density at radius 1 is 0.545 bits per heavy atom. The van der Waals surface area contributed by atoms with Crippen LogP contribution >= 0.6 is 0 Å². The number of hydrogen-bond acceptors (Lipinski definition) is 3.